The van der Waals surface area contributed by atoms with Gasteiger partial charge in [-0.25, -0.2) is 9.50 Å². The second kappa shape index (κ2) is 5.33. The average molecular weight is 287 g/mol. The summed E-state index contributed by atoms with van der Waals surface area (Å²) < 4.78 is 7.48. The standard InChI is InChI=1S/C18H13N3O/c1-3-7-14(8-4-1)16-13-21-17(19-16)11-12-18(20-21)22-15-9-5-2-6-10-15/h1-13H. The van der Waals surface area contributed by atoms with Gasteiger partial charge < -0.3 is 4.74 Å². The summed E-state index contributed by atoms with van der Waals surface area (Å²) in [5.41, 5.74) is 2.75. The number of para-hydroxylation sites is 1. The Morgan fingerprint density at radius 3 is 2.27 bits per heavy atom. The van der Waals surface area contributed by atoms with Gasteiger partial charge in [0.15, 0.2) is 5.65 Å². The van der Waals surface area contributed by atoms with E-state index in [4.69, 9.17) is 4.74 Å². The molecule has 2 aromatic carbocycles. The first kappa shape index (κ1) is 12.6. The van der Waals surface area contributed by atoms with Gasteiger partial charge in [-0.3, -0.25) is 0 Å². The molecule has 106 valence electrons. The topological polar surface area (TPSA) is 39.4 Å². The molecule has 0 unspecified atom stereocenters. The Morgan fingerprint density at radius 2 is 1.50 bits per heavy atom. The number of hydrogen-bond acceptors (Lipinski definition) is 3. The lowest BCUT2D eigenvalue weighted by Crippen LogP contribution is -1.94. The van der Waals surface area contributed by atoms with Crippen LogP contribution in [0.4, 0.5) is 0 Å². The smallest absolute Gasteiger partial charge is 0.237 e. The molecule has 2 aromatic heterocycles. The van der Waals surface area contributed by atoms with Crippen LogP contribution in [0.2, 0.25) is 0 Å². The predicted molar refractivity (Wildman–Crippen MR) is 84.9 cm³/mol. The minimum absolute atomic E-state index is 0.538. The van der Waals surface area contributed by atoms with E-state index in [-0.39, 0.29) is 0 Å². The summed E-state index contributed by atoms with van der Waals surface area (Å²) in [6.07, 6.45) is 1.91. The maximum Gasteiger partial charge on any atom is 0.237 e. The molecule has 0 aliphatic carbocycles. The van der Waals surface area contributed by atoms with Gasteiger partial charge >= 0.3 is 0 Å². The first-order valence-corrected chi connectivity index (χ1v) is 7.03. The van der Waals surface area contributed by atoms with E-state index in [0.29, 0.717) is 5.88 Å². The van der Waals surface area contributed by atoms with Crippen molar-refractivity contribution >= 4 is 5.65 Å². The van der Waals surface area contributed by atoms with Gasteiger partial charge in [0.1, 0.15) is 5.75 Å². The molecule has 0 bridgehead atoms. The van der Waals surface area contributed by atoms with Crippen LogP contribution in [0.25, 0.3) is 16.9 Å². The van der Waals surface area contributed by atoms with Gasteiger partial charge in [-0.2, -0.15) is 0 Å². The number of hydrogen-bond donors (Lipinski definition) is 0. The summed E-state index contributed by atoms with van der Waals surface area (Å²) in [5.74, 6) is 1.30. The van der Waals surface area contributed by atoms with Crippen molar-refractivity contribution in [3.63, 3.8) is 0 Å². The van der Waals surface area contributed by atoms with E-state index in [9.17, 15) is 0 Å². The molecule has 4 nitrogen and oxygen atoms in total. The van der Waals surface area contributed by atoms with Gasteiger partial charge in [-0.15, -0.1) is 5.10 Å². The molecule has 0 amide bonds. The molecule has 0 aliphatic heterocycles. The highest BCUT2D eigenvalue weighted by Gasteiger charge is 2.06. The quantitative estimate of drug-likeness (QED) is 0.567. The molecule has 4 rings (SSSR count). The van der Waals surface area contributed by atoms with Crippen LogP contribution in [-0.4, -0.2) is 14.6 Å². The van der Waals surface area contributed by atoms with Crippen molar-refractivity contribution in [3.8, 4) is 22.9 Å². The Bertz CT molecular complexity index is 901. The highest BCUT2D eigenvalue weighted by Crippen LogP contribution is 2.21. The molecule has 0 fully saturated rings. The van der Waals surface area contributed by atoms with Crippen LogP contribution in [-0.2, 0) is 0 Å². The van der Waals surface area contributed by atoms with Gasteiger partial charge in [0.2, 0.25) is 5.88 Å². The van der Waals surface area contributed by atoms with Crippen LogP contribution < -0.4 is 4.74 Å². The van der Waals surface area contributed by atoms with Crippen molar-refractivity contribution in [2.45, 2.75) is 0 Å². The highest BCUT2D eigenvalue weighted by atomic mass is 16.5. The van der Waals surface area contributed by atoms with Gasteiger partial charge in [-0.05, 0) is 18.2 Å². The Balaban J connectivity index is 1.69. The van der Waals surface area contributed by atoms with Gasteiger partial charge in [-0.1, -0.05) is 48.5 Å². The van der Waals surface area contributed by atoms with Crippen LogP contribution in [0.1, 0.15) is 0 Å². The molecule has 4 heteroatoms. The van der Waals surface area contributed by atoms with Crippen molar-refractivity contribution < 1.29 is 4.74 Å². The lowest BCUT2D eigenvalue weighted by atomic mass is 10.2. The van der Waals surface area contributed by atoms with Crippen molar-refractivity contribution in [2.24, 2.45) is 0 Å². The van der Waals surface area contributed by atoms with Crippen molar-refractivity contribution in [1.82, 2.24) is 14.6 Å². The average Bonchev–Trinajstić information content (AvgIpc) is 3.00. The van der Waals surface area contributed by atoms with Crippen molar-refractivity contribution in [2.75, 3.05) is 0 Å². The molecule has 0 atom stereocenters. The van der Waals surface area contributed by atoms with E-state index in [1.54, 1.807) is 4.52 Å². The first-order chi connectivity index (χ1) is 10.9. The summed E-state index contributed by atoms with van der Waals surface area (Å²) in [4.78, 5) is 4.58. The van der Waals surface area contributed by atoms with Gasteiger partial charge in [0.25, 0.3) is 0 Å². The third-order valence-electron chi connectivity index (χ3n) is 3.33. The Hall–Kier alpha value is -3.14. The van der Waals surface area contributed by atoms with Gasteiger partial charge in [0, 0.05) is 11.6 Å². The molecule has 22 heavy (non-hydrogen) atoms. The number of fused-ring (bicyclic) bond motifs is 1. The number of aromatic nitrogens is 3. The summed E-state index contributed by atoms with van der Waals surface area (Å²) in [7, 11) is 0. The third kappa shape index (κ3) is 2.42. The van der Waals surface area contributed by atoms with E-state index in [1.807, 2.05) is 79.0 Å². The van der Waals surface area contributed by atoms with E-state index in [2.05, 4.69) is 10.1 Å². The molecule has 0 aliphatic rings. The molecular weight excluding hydrogens is 274 g/mol. The number of benzene rings is 2. The summed E-state index contributed by atoms with van der Waals surface area (Å²) in [6.45, 7) is 0. The molecule has 4 aromatic rings. The molecule has 0 spiro atoms. The summed E-state index contributed by atoms with van der Waals surface area (Å²) in [5, 5.41) is 4.45. The zero-order valence-corrected chi connectivity index (χ0v) is 11.8. The first-order valence-electron chi connectivity index (χ1n) is 7.03. The Labute approximate surface area is 127 Å². The minimum Gasteiger partial charge on any atom is -0.438 e. The second-order valence-corrected chi connectivity index (χ2v) is 4.88. The fourth-order valence-electron chi connectivity index (χ4n) is 2.28. The monoisotopic (exact) mass is 287 g/mol. The lowest BCUT2D eigenvalue weighted by molar-refractivity contribution is 0.452. The number of rotatable bonds is 3. The van der Waals surface area contributed by atoms with E-state index >= 15 is 0 Å². The number of nitrogens with zero attached hydrogens (tertiary/aromatic N) is 3. The van der Waals surface area contributed by atoms with Crippen molar-refractivity contribution in [3.05, 3.63) is 79.0 Å². The van der Waals surface area contributed by atoms with Crippen LogP contribution in [0.5, 0.6) is 11.6 Å². The summed E-state index contributed by atoms with van der Waals surface area (Å²) >= 11 is 0. The van der Waals surface area contributed by atoms with Crippen LogP contribution in [0.15, 0.2) is 79.0 Å². The maximum absolute atomic E-state index is 5.74. The van der Waals surface area contributed by atoms with E-state index < -0.39 is 0 Å². The zero-order chi connectivity index (χ0) is 14.8. The largest absolute Gasteiger partial charge is 0.438 e. The molecule has 0 radical (unpaired) electrons. The maximum atomic E-state index is 5.74. The Morgan fingerprint density at radius 1 is 0.773 bits per heavy atom. The zero-order valence-electron chi connectivity index (χ0n) is 11.8. The normalized spacial score (nSPS) is 10.7. The molecule has 0 N–H and O–H groups in total. The highest BCUT2D eigenvalue weighted by molar-refractivity contribution is 5.62. The molecular formula is C18H13N3O. The van der Waals surface area contributed by atoms with Crippen LogP contribution in [0, 0.1) is 0 Å². The number of imidazole rings is 1. The Kier molecular flexibility index (Phi) is 3.05. The number of ether oxygens (including phenoxy) is 1. The fraction of sp³-hybridized carbons (Fsp3) is 0. The lowest BCUT2D eigenvalue weighted by Gasteiger charge is -2.03. The van der Waals surface area contributed by atoms with E-state index in [1.165, 1.54) is 0 Å². The molecule has 0 saturated carbocycles. The van der Waals surface area contributed by atoms with E-state index in [0.717, 1.165) is 22.7 Å². The summed E-state index contributed by atoms with van der Waals surface area (Å²) in [6, 6.07) is 23.4. The molecule has 2 heterocycles. The second-order valence-electron chi connectivity index (χ2n) is 4.88. The third-order valence-corrected chi connectivity index (χ3v) is 3.33. The van der Waals surface area contributed by atoms with Crippen LogP contribution in [0.3, 0.4) is 0 Å². The van der Waals surface area contributed by atoms with Crippen molar-refractivity contribution in [1.29, 1.82) is 0 Å². The minimum atomic E-state index is 0.538. The predicted octanol–water partition coefficient (Wildman–Crippen LogP) is 4.19. The van der Waals surface area contributed by atoms with Gasteiger partial charge in [0.05, 0.1) is 11.9 Å². The molecule has 0 saturated heterocycles. The SMILES string of the molecule is c1ccc(Oc2ccc3nc(-c4ccccc4)cn3n2)cc1. The fourth-order valence-corrected chi connectivity index (χ4v) is 2.28. The van der Waals surface area contributed by atoms with Crippen LogP contribution >= 0.6 is 0 Å².